The van der Waals surface area contributed by atoms with Gasteiger partial charge < -0.3 is 19.5 Å². The predicted octanol–water partition coefficient (Wildman–Crippen LogP) is 4.11. The first kappa shape index (κ1) is 23.3. The van der Waals surface area contributed by atoms with Crippen LogP contribution in [0.5, 0.6) is 0 Å². The van der Waals surface area contributed by atoms with E-state index in [9.17, 15) is 4.79 Å². The Labute approximate surface area is 194 Å². The molecule has 1 aromatic carbocycles. The number of aryl methyl sites for hydroxylation is 1. The number of piperidine rings is 1. The molecule has 7 nitrogen and oxygen atoms in total. The molecule has 176 valence electrons. The lowest BCUT2D eigenvalue weighted by atomic mass is 9.92. The van der Waals surface area contributed by atoms with Crippen molar-refractivity contribution in [2.75, 3.05) is 31.6 Å². The van der Waals surface area contributed by atoms with Gasteiger partial charge in [0.05, 0.1) is 24.6 Å². The zero-order valence-corrected chi connectivity index (χ0v) is 19.8. The molecule has 0 unspecified atom stereocenters. The van der Waals surface area contributed by atoms with Crippen LogP contribution in [0.15, 0.2) is 36.7 Å². The van der Waals surface area contributed by atoms with Gasteiger partial charge in [-0.3, -0.25) is 4.79 Å². The van der Waals surface area contributed by atoms with Crippen LogP contribution in [0.4, 0.5) is 10.2 Å². The normalized spacial score (nSPS) is 16.4. The van der Waals surface area contributed by atoms with Crippen molar-refractivity contribution in [3.8, 4) is 11.3 Å². The number of anilines is 1. The molecule has 3 heterocycles. The number of pyridine rings is 1. The number of nitrogens with one attached hydrogen (secondary N) is 1. The Morgan fingerprint density at radius 3 is 2.61 bits per heavy atom. The number of benzene rings is 1. The predicted molar refractivity (Wildman–Crippen MR) is 128 cm³/mol. The van der Waals surface area contributed by atoms with Gasteiger partial charge in [0.15, 0.2) is 5.67 Å². The number of amides is 1. The molecule has 0 radical (unpaired) electrons. The lowest BCUT2D eigenvalue weighted by Crippen LogP contribution is -2.49. The highest BCUT2D eigenvalue weighted by molar-refractivity contribution is 5.98. The van der Waals surface area contributed by atoms with E-state index >= 15 is 4.39 Å². The number of ether oxygens (including phenoxy) is 1. The van der Waals surface area contributed by atoms with Crippen LogP contribution < -0.4 is 5.32 Å². The van der Waals surface area contributed by atoms with Gasteiger partial charge >= 0.3 is 0 Å². The molecule has 2 aromatic heterocycles. The molecule has 4 rings (SSSR count). The van der Waals surface area contributed by atoms with Gasteiger partial charge in [-0.15, -0.1) is 0 Å². The van der Waals surface area contributed by atoms with Crippen molar-refractivity contribution in [1.82, 2.24) is 19.4 Å². The summed E-state index contributed by atoms with van der Waals surface area (Å²) in [7, 11) is 1.98. The monoisotopic (exact) mass is 453 g/mol. The quantitative estimate of drug-likeness (QED) is 0.583. The van der Waals surface area contributed by atoms with E-state index in [1.807, 2.05) is 56.8 Å². The van der Waals surface area contributed by atoms with Crippen LogP contribution in [0.2, 0.25) is 0 Å². The first-order valence-electron chi connectivity index (χ1n) is 11.5. The second-order valence-corrected chi connectivity index (χ2v) is 9.06. The smallest absolute Gasteiger partial charge is 0.263 e. The molecule has 0 bridgehead atoms. The summed E-state index contributed by atoms with van der Waals surface area (Å²) < 4.78 is 23.0. The fraction of sp³-hybridized carbons (Fsp3) is 0.480. The van der Waals surface area contributed by atoms with Gasteiger partial charge in [0.1, 0.15) is 11.6 Å². The SMILES string of the molecule is Cc1ncc(-c2ccc3cnc(NC(=O)C4(F)CCN(CCOC(C)C)CC4)cc3c2)n1C. The van der Waals surface area contributed by atoms with Gasteiger partial charge in [-0.1, -0.05) is 12.1 Å². The Hall–Kier alpha value is -2.84. The van der Waals surface area contributed by atoms with E-state index < -0.39 is 11.6 Å². The molecule has 0 aliphatic carbocycles. The zero-order valence-electron chi connectivity index (χ0n) is 19.8. The summed E-state index contributed by atoms with van der Waals surface area (Å²) in [5.74, 6) is 0.668. The van der Waals surface area contributed by atoms with E-state index in [-0.39, 0.29) is 18.9 Å². The fourth-order valence-electron chi connectivity index (χ4n) is 4.14. The number of carbonyl (C=O) groups is 1. The minimum Gasteiger partial charge on any atom is -0.377 e. The van der Waals surface area contributed by atoms with E-state index in [4.69, 9.17) is 4.74 Å². The maximum Gasteiger partial charge on any atom is 0.263 e. The molecular weight excluding hydrogens is 421 g/mol. The van der Waals surface area contributed by atoms with Crippen molar-refractivity contribution < 1.29 is 13.9 Å². The molecule has 8 heteroatoms. The van der Waals surface area contributed by atoms with Crippen LogP contribution in [-0.4, -0.2) is 63.4 Å². The van der Waals surface area contributed by atoms with Crippen molar-refractivity contribution in [2.24, 2.45) is 7.05 Å². The lowest BCUT2D eigenvalue weighted by molar-refractivity contribution is -0.130. The molecule has 33 heavy (non-hydrogen) atoms. The maximum atomic E-state index is 15.4. The summed E-state index contributed by atoms with van der Waals surface area (Å²) in [6, 6.07) is 7.84. The van der Waals surface area contributed by atoms with Gasteiger partial charge in [-0.05, 0) is 38.3 Å². The number of rotatable bonds is 7. The highest BCUT2D eigenvalue weighted by atomic mass is 19.1. The van der Waals surface area contributed by atoms with Crippen LogP contribution in [0.25, 0.3) is 22.0 Å². The molecule has 1 N–H and O–H groups in total. The highest BCUT2D eigenvalue weighted by Gasteiger charge is 2.41. The highest BCUT2D eigenvalue weighted by Crippen LogP contribution is 2.29. The Bertz CT molecular complexity index is 1140. The molecule has 0 atom stereocenters. The van der Waals surface area contributed by atoms with Gasteiger partial charge in [-0.25, -0.2) is 14.4 Å². The molecule has 3 aromatic rings. The molecular formula is C25H32FN5O2. The van der Waals surface area contributed by atoms with Crippen LogP contribution in [0.1, 0.15) is 32.5 Å². The van der Waals surface area contributed by atoms with E-state index in [0.29, 0.717) is 25.5 Å². The van der Waals surface area contributed by atoms with Gasteiger partial charge in [0.2, 0.25) is 0 Å². The molecule has 0 spiro atoms. The molecule has 1 amide bonds. The summed E-state index contributed by atoms with van der Waals surface area (Å²) >= 11 is 0. The average Bonchev–Trinajstić information content (AvgIpc) is 3.12. The Morgan fingerprint density at radius 1 is 1.18 bits per heavy atom. The van der Waals surface area contributed by atoms with E-state index in [2.05, 4.69) is 20.2 Å². The van der Waals surface area contributed by atoms with Crippen LogP contribution >= 0.6 is 0 Å². The first-order chi connectivity index (χ1) is 15.7. The number of hydrogen-bond acceptors (Lipinski definition) is 5. The summed E-state index contributed by atoms with van der Waals surface area (Å²) in [5, 5.41) is 4.57. The number of fused-ring (bicyclic) bond motifs is 1. The second kappa shape index (κ2) is 9.57. The van der Waals surface area contributed by atoms with Crippen LogP contribution in [0, 0.1) is 6.92 Å². The minimum atomic E-state index is -1.89. The number of imidazole rings is 1. The lowest BCUT2D eigenvalue weighted by Gasteiger charge is -2.35. The largest absolute Gasteiger partial charge is 0.377 e. The Morgan fingerprint density at radius 2 is 1.94 bits per heavy atom. The third-order valence-corrected chi connectivity index (χ3v) is 6.39. The standard InChI is InChI=1S/C25H32FN5O2/c1-17(2)33-12-11-31-9-7-25(26,8-10-31)24(32)29-23-14-21-13-19(5-6-20(21)15-28-23)22-16-27-18(3)30(22)4/h5-6,13-17H,7-12H2,1-4H3,(H,28,29,32). The van der Waals surface area contributed by atoms with E-state index in [0.717, 1.165) is 34.4 Å². The number of alkyl halides is 1. The number of halogens is 1. The van der Waals surface area contributed by atoms with Crippen molar-refractivity contribution >= 4 is 22.5 Å². The van der Waals surface area contributed by atoms with Crippen molar-refractivity contribution in [3.63, 3.8) is 0 Å². The summed E-state index contributed by atoms with van der Waals surface area (Å²) in [6.07, 6.45) is 4.05. The molecule has 1 aliphatic rings. The summed E-state index contributed by atoms with van der Waals surface area (Å²) in [6.45, 7) is 8.38. The number of aromatic nitrogens is 3. The fourth-order valence-corrected chi connectivity index (χ4v) is 4.14. The molecule has 1 saturated heterocycles. The minimum absolute atomic E-state index is 0.165. The van der Waals surface area contributed by atoms with Gasteiger partial charge in [-0.2, -0.15) is 0 Å². The second-order valence-electron chi connectivity index (χ2n) is 9.06. The van der Waals surface area contributed by atoms with E-state index in [1.54, 1.807) is 12.3 Å². The number of nitrogens with zero attached hydrogens (tertiary/aromatic N) is 4. The number of likely N-dealkylation sites (tertiary alicyclic amines) is 1. The van der Waals surface area contributed by atoms with Crippen molar-refractivity contribution in [3.05, 3.63) is 42.5 Å². The molecule has 1 fully saturated rings. The molecule has 0 saturated carbocycles. The first-order valence-corrected chi connectivity index (χ1v) is 11.5. The summed E-state index contributed by atoms with van der Waals surface area (Å²) in [4.78, 5) is 23.6. The Kier molecular flexibility index (Phi) is 6.76. The van der Waals surface area contributed by atoms with Gasteiger partial charge in [0, 0.05) is 56.7 Å². The summed E-state index contributed by atoms with van der Waals surface area (Å²) in [5.41, 5.74) is 0.134. The van der Waals surface area contributed by atoms with Gasteiger partial charge in [0.25, 0.3) is 5.91 Å². The topological polar surface area (TPSA) is 72.3 Å². The van der Waals surface area contributed by atoms with Crippen molar-refractivity contribution in [2.45, 2.75) is 45.4 Å². The third-order valence-electron chi connectivity index (χ3n) is 6.39. The van der Waals surface area contributed by atoms with E-state index in [1.165, 1.54) is 0 Å². The third kappa shape index (κ3) is 5.23. The van der Waals surface area contributed by atoms with Crippen LogP contribution in [-0.2, 0) is 16.6 Å². The molecule has 1 aliphatic heterocycles. The zero-order chi connectivity index (χ0) is 23.6. The number of hydrogen-bond donors (Lipinski definition) is 1. The maximum absolute atomic E-state index is 15.4. The average molecular weight is 454 g/mol. The Balaban J connectivity index is 1.43. The van der Waals surface area contributed by atoms with Crippen molar-refractivity contribution in [1.29, 1.82) is 0 Å². The van der Waals surface area contributed by atoms with Crippen LogP contribution in [0.3, 0.4) is 0 Å². The number of carbonyl (C=O) groups excluding carboxylic acids is 1.